The molecule has 0 aliphatic heterocycles. The van der Waals surface area contributed by atoms with Crippen LogP contribution in [0.2, 0.25) is 0 Å². The molecule has 6 heteroatoms. The van der Waals surface area contributed by atoms with Gasteiger partial charge in [-0.15, -0.1) is 0 Å². The SMILES string of the molecule is CCC/C=C\C/C=C\CCCCCCCC(=O)OCCCCCCCCCCCCCC/C=C\CCCCCCCCCCC(=O)NC(CO)C(O)CCCCCCCCCCCCCCCCCCCCC. The van der Waals surface area contributed by atoms with E-state index in [0.717, 1.165) is 51.4 Å². The molecule has 0 aliphatic carbocycles. The van der Waals surface area contributed by atoms with Crippen molar-refractivity contribution in [2.75, 3.05) is 13.2 Å². The summed E-state index contributed by atoms with van der Waals surface area (Å²) in [6.07, 6.45) is 78.8. The molecule has 0 saturated heterocycles. The molecule has 73 heavy (non-hydrogen) atoms. The number of aliphatic hydroxyl groups excluding tert-OH is 2. The van der Waals surface area contributed by atoms with Crippen molar-refractivity contribution in [2.24, 2.45) is 0 Å². The van der Waals surface area contributed by atoms with Gasteiger partial charge in [0.15, 0.2) is 0 Å². The van der Waals surface area contributed by atoms with Crippen LogP contribution >= 0.6 is 0 Å². The van der Waals surface area contributed by atoms with Crippen molar-refractivity contribution in [1.82, 2.24) is 5.32 Å². The second kappa shape index (κ2) is 62.6. The lowest BCUT2D eigenvalue weighted by Crippen LogP contribution is -2.45. The highest BCUT2D eigenvalue weighted by molar-refractivity contribution is 5.76. The predicted molar refractivity (Wildman–Crippen MR) is 319 cm³/mol. The topological polar surface area (TPSA) is 95.9 Å². The third kappa shape index (κ3) is 59.2. The van der Waals surface area contributed by atoms with E-state index >= 15 is 0 Å². The van der Waals surface area contributed by atoms with Crippen molar-refractivity contribution >= 4 is 11.9 Å². The Balaban J connectivity index is 3.41. The maximum absolute atomic E-state index is 12.5. The van der Waals surface area contributed by atoms with Crippen molar-refractivity contribution in [2.45, 2.75) is 366 Å². The number of nitrogens with one attached hydrogen (secondary N) is 1. The van der Waals surface area contributed by atoms with Crippen LogP contribution in [0.3, 0.4) is 0 Å². The first-order valence-corrected chi connectivity index (χ1v) is 32.7. The van der Waals surface area contributed by atoms with Gasteiger partial charge in [-0.2, -0.15) is 0 Å². The van der Waals surface area contributed by atoms with Crippen molar-refractivity contribution in [3.63, 3.8) is 0 Å². The summed E-state index contributed by atoms with van der Waals surface area (Å²) in [5.74, 6) is -0.0394. The van der Waals surface area contributed by atoms with Gasteiger partial charge in [0, 0.05) is 12.8 Å². The third-order valence-electron chi connectivity index (χ3n) is 15.1. The van der Waals surface area contributed by atoms with E-state index in [1.807, 2.05) is 0 Å². The van der Waals surface area contributed by atoms with Crippen LogP contribution in [-0.4, -0.2) is 47.4 Å². The maximum Gasteiger partial charge on any atom is 0.305 e. The van der Waals surface area contributed by atoms with Crippen LogP contribution in [0.15, 0.2) is 36.5 Å². The summed E-state index contributed by atoms with van der Waals surface area (Å²) in [5, 5.41) is 23.4. The number of carbonyl (C=O) groups excluding carboxylic acids is 2. The Labute approximate surface area is 455 Å². The van der Waals surface area contributed by atoms with Crippen LogP contribution in [0.5, 0.6) is 0 Å². The Kier molecular flexibility index (Phi) is 61.0. The largest absolute Gasteiger partial charge is 0.466 e. The minimum atomic E-state index is -0.668. The van der Waals surface area contributed by atoms with Crippen LogP contribution in [0.1, 0.15) is 354 Å². The Morgan fingerprint density at radius 2 is 0.712 bits per heavy atom. The van der Waals surface area contributed by atoms with Gasteiger partial charge in [-0.25, -0.2) is 0 Å². The van der Waals surface area contributed by atoms with Crippen LogP contribution < -0.4 is 5.32 Å². The Hall–Kier alpha value is -1.92. The quantitative estimate of drug-likeness (QED) is 0.0320. The summed E-state index contributed by atoms with van der Waals surface area (Å²) < 4.78 is 5.47. The number of amides is 1. The molecule has 0 fully saturated rings. The Morgan fingerprint density at radius 3 is 1.11 bits per heavy atom. The van der Waals surface area contributed by atoms with Crippen LogP contribution in [-0.2, 0) is 14.3 Å². The van der Waals surface area contributed by atoms with Gasteiger partial charge >= 0.3 is 5.97 Å². The molecule has 6 nitrogen and oxygen atoms in total. The van der Waals surface area contributed by atoms with E-state index in [1.165, 1.54) is 270 Å². The van der Waals surface area contributed by atoms with Gasteiger partial charge < -0.3 is 20.3 Å². The Morgan fingerprint density at radius 1 is 0.384 bits per heavy atom. The third-order valence-corrected chi connectivity index (χ3v) is 15.1. The van der Waals surface area contributed by atoms with Crippen LogP contribution in [0.4, 0.5) is 0 Å². The van der Waals surface area contributed by atoms with Crippen molar-refractivity contribution in [3.8, 4) is 0 Å². The average Bonchev–Trinajstić information content (AvgIpc) is 3.39. The van der Waals surface area contributed by atoms with E-state index in [2.05, 4.69) is 55.6 Å². The normalized spacial score (nSPS) is 12.8. The number of allylic oxidation sites excluding steroid dienone is 6. The van der Waals surface area contributed by atoms with Gasteiger partial charge in [-0.1, -0.05) is 301 Å². The summed E-state index contributed by atoms with van der Waals surface area (Å²) >= 11 is 0. The highest BCUT2D eigenvalue weighted by atomic mass is 16.5. The minimum absolute atomic E-state index is 0.00260. The number of aliphatic hydroxyl groups is 2. The number of carbonyl (C=O) groups is 2. The molecule has 2 atom stereocenters. The van der Waals surface area contributed by atoms with E-state index in [9.17, 15) is 19.8 Å². The van der Waals surface area contributed by atoms with E-state index in [-0.39, 0.29) is 18.5 Å². The number of unbranched alkanes of at least 4 members (excludes halogenated alkanes) is 44. The molecule has 430 valence electrons. The molecule has 0 saturated carbocycles. The highest BCUT2D eigenvalue weighted by Crippen LogP contribution is 2.18. The number of hydrogen-bond acceptors (Lipinski definition) is 5. The molecule has 0 aliphatic rings. The monoisotopic (exact) mass is 1030 g/mol. The molecule has 0 aromatic carbocycles. The fourth-order valence-electron chi connectivity index (χ4n) is 10.1. The number of esters is 1. The molecule has 0 rings (SSSR count). The fraction of sp³-hybridized carbons (Fsp3) is 0.881. The summed E-state index contributed by atoms with van der Waals surface area (Å²) in [5.41, 5.74) is 0. The summed E-state index contributed by atoms with van der Waals surface area (Å²) in [6.45, 7) is 4.90. The minimum Gasteiger partial charge on any atom is -0.466 e. The van der Waals surface area contributed by atoms with Gasteiger partial charge in [0.25, 0.3) is 0 Å². The number of ether oxygens (including phenoxy) is 1. The molecular weight excluding hydrogens is 899 g/mol. The molecule has 3 N–H and O–H groups in total. The van der Waals surface area contributed by atoms with Gasteiger partial charge in [0.05, 0.1) is 25.4 Å². The molecule has 0 bridgehead atoms. The first kappa shape index (κ1) is 71.1. The molecular formula is C67H127NO5. The summed E-state index contributed by atoms with van der Waals surface area (Å²) in [4.78, 5) is 24.5. The smallest absolute Gasteiger partial charge is 0.305 e. The molecule has 2 unspecified atom stereocenters. The number of hydrogen-bond donors (Lipinski definition) is 3. The summed E-state index contributed by atoms with van der Waals surface area (Å²) in [6, 6.07) is -0.546. The molecule has 0 aromatic heterocycles. The van der Waals surface area contributed by atoms with Crippen molar-refractivity contribution in [3.05, 3.63) is 36.5 Å². The van der Waals surface area contributed by atoms with Gasteiger partial charge in [-0.3, -0.25) is 9.59 Å². The fourth-order valence-corrected chi connectivity index (χ4v) is 10.1. The zero-order valence-electron chi connectivity index (χ0n) is 49.1. The number of rotatable bonds is 61. The molecule has 1 amide bonds. The second-order valence-corrected chi connectivity index (χ2v) is 22.4. The predicted octanol–water partition coefficient (Wildman–Crippen LogP) is 20.8. The molecule has 0 spiro atoms. The Bertz CT molecular complexity index is 1180. The second-order valence-electron chi connectivity index (χ2n) is 22.4. The standard InChI is InChI=1S/C67H127NO5/c1-3-5-7-9-11-13-15-17-18-19-26-29-32-36-39-43-47-51-55-59-65(70)64(63-69)68-66(71)60-56-52-48-44-40-37-33-30-27-24-22-20-21-23-25-28-31-34-38-42-46-50-54-58-62-73-67(72)61-57-53-49-45-41-35-16-14-12-10-8-6-4-2/h8,10,14,16,22,24,64-65,69-70H,3-7,9,11-13,15,17-21,23,25-63H2,1-2H3,(H,68,71)/b10-8-,16-14-,24-22-. The van der Waals surface area contributed by atoms with Crippen LogP contribution in [0.25, 0.3) is 0 Å². The lowest BCUT2D eigenvalue weighted by atomic mass is 10.0. The van der Waals surface area contributed by atoms with E-state index in [1.54, 1.807) is 0 Å². The zero-order valence-corrected chi connectivity index (χ0v) is 49.1. The zero-order chi connectivity index (χ0) is 52.9. The van der Waals surface area contributed by atoms with Crippen molar-refractivity contribution < 1.29 is 24.5 Å². The molecule has 0 radical (unpaired) electrons. The first-order valence-electron chi connectivity index (χ1n) is 32.7. The highest BCUT2D eigenvalue weighted by Gasteiger charge is 2.20. The lowest BCUT2D eigenvalue weighted by Gasteiger charge is -2.22. The van der Waals surface area contributed by atoms with Crippen LogP contribution in [0, 0.1) is 0 Å². The van der Waals surface area contributed by atoms with Gasteiger partial charge in [0.1, 0.15) is 0 Å². The lowest BCUT2D eigenvalue weighted by molar-refractivity contribution is -0.143. The van der Waals surface area contributed by atoms with Gasteiger partial charge in [-0.05, 0) is 77.0 Å². The van der Waals surface area contributed by atoms with E-state index in [0.29, 0.717) is 25.9 Å². The summed E-state index contributed by atoms with van der Waals surface area (Å²) in [7, 11) is 0. The average molecular weight is 1030 g/mol. The molecule has 0 heterocycles. The van der Waals surface area contributed by atoms with E-state index < -0.39 is 12.1 Å². The first-order chi connectivity index (χ1) is 36.0. The van der Waals surface area contributed by atoms with Crippen molar-refractivity contribution in [1.29, 1.82) is 0 Å². The van der Waals surface area contributed by atoms with Gasteiger partial charge in [0.2, 0.25) is 5.91 Å². The maximum atomic E-state index is 12.5. The molecule has 0 aromatic rings. The van der Waals surface area contributed by atoms with E-state index in [4.69, 9.17) is 4.74 Å².